The normalized spacial score (nSPS) is 21.0. The van der Waals surface area contributed by atoms with Crippen molar-refractivity contribution in [2.45, 2.75) is 44.9 Å². The van der Waals surface area contributed by atoms with Gasteiger partial charge in [0, 0.05) is 39.0 Å². The van der Waals surface area contributed by atoms with E-state index in [2.05, 4.69) is 0 Å². The van der Waals surface area contributed by atoms with Gasteiger partial charge in [0.15, 0.2) is 0 Å². The molecule has 2 fully saturated rings. The van der Waals surface area contributed by atoms with Gasteiger partial charge in [0.2, 0.25) is 11.8 Å². The molecule has 1 atom stereocenters. The van der Waals surface area contributed by atoms with Gasteiger partial charge in [-0.3, -0.25) is 9.59 Å². The van der Waals surface area contributed by atoms with Crippen molar-refractivity contribution in [1.29, 1.82) is 0 Å². The Hall–Kier alpha value is -1.91. The van der Waals surface area contributed by atoms with Crippen LogP contribution in [0.4, 0.5) is 4.39 Å². The zero-order valence-electron chi connectivity index (χ0n) is 14.8. The van der Waals surface area contributed by atoms with Crippen LogP contribution in [0, 0.1) is 11.7 Å². The molecule has 2 amide bonds. The van der Waals surface area contributed by atoms with E-state index in [1.165, 1.54) is 12.1 Å². The summed E-state index contributed by atoms with van der Waals surface area (Å²) < 4.78 is 13.0. The summed E-state index contributed by atoms with van der Waals surface area (Å²) in [7, 11) is 0. The Kier molecular flexibility index (Phi) is 6.05. The zero-order chi connectivity index (χ0) is 17.6. The number of nitrogens with zero attached hydrogens (tertiary/aromatic N) is 2. The van der Waals surface area contributed by atoms with Gasteiger partial charge in [-0.15, -0.1) is 0 Å². The largest absolute Gasteiger partial charge is 0.342 e. The Morgan fingerprint density at radius 1 is 1.16 bits per heavy atom. The third-order valence-electron chi connectivity index (χ3n) is 5.39. The van der Waals surface area contributed by atoms with Crippen LogP contribution in [0.2, 0.25) is 0 Å². The van der Waals surface area contributed by atoms with Gasteiger partial charge in [-0.05, 0) is 55.7 Å². The zero-order valence-corrected chi connectivity index (χ0v) is 14.8. The lowest BCUT2D eigenvalue weighted by molar-refractivity contribution is -0.134. The van der Waals surface area contributed by atoms with Crippen molar-refractivity contribution in [1.82, 2.24) is 9.80 Å². The first-order valence-corrected chi connectivity index (χ1v) is 9.42. The van der Waals surface area contributed by atoms with Crippen LogP contribution in [0.3, 0.4) is 0 Å². The standard InChI is InChI=1S/C20H27FN2O2/c21-18-9-7-16(8-10-18)5-6-17-3-1-13-23(15-17)20(25)11-14-22-12-2-4-19(22)24/h7-10,17H,1-6,11-15H2/t17-/m1/s1. The fraction of sp³-hybridized carbons (Fsp3) is 0.600. The molecule has 2 aliphatic rings. The predicted molar refractivity (Wildman–Crippen MR) is 94.5 cm³/mol. The minimum absolute atomic E-state index is 0.172. The highest BCUT2D eigenvalue weighted by molar-refractivity contribution is 5.80. The summed E-state index contributed by atoms with van der Waals surface area (Å²) >= 11 is 0. The Bertz CT molecular complexity index is 602. The maximum atomic E-state index is 13.0. The molecule has 1 aromatic carbocycles. The van der Waals surface area contributed by atoms with E-state index in [1.54, 1.807) is 0 Å². The molecule has 2 aliphatic heterocycles. The number of rotatable bonds is 6. The maximum Gasteiger partial charge on any atom is 0.224 e. The number of aryl methyl sites for hydroxylation is 1. The first-order chi connectivity index (χ1) is 12.1. The van der Waals surface area contributed by atoms with Crippen molar-refractivity contribution in [2.24, 2.45) is 5.92 Å². The number of halogens is 1. The summed E-state index contributed by atoms with van der Waals surface area (Å²) in [5.41, 5.74) is 1.15. The molecule has 3 rings (SSSR count). The Balaban J connectivity index is 1.43. The Morgan fingerprint density at radius 2 is 1.96 bits per heavy atom. The monoisotopic (exact) mass is 346 g/mol. The van der Waals surface area contributed by atoms with Crippen molar-refractivity contribution in [3.05, 3.63) is 35.6 Å². The minimum atomic E-state index is -0.199. The van der Waals surface area contributed by atoms with E-state index in [4.69, 9.17) is 0 Å². The van der Waals surface area contributed by atoms with E-state index in [0.29, 0.717) is 25.3 Å². The number of piperidine rings is 1. The van der Waals surface area contributed by atoms with Crippen molar-refractivity contribution < 1.29 is 14.0 Å². The summed E-state index contributed by atoms with van der Waals surface area (Å²) in [6, 6.07) is 6.69. The number of likely N-dealkylation sites (tertiary alicyclic amines) is 2. The average molecular weight is 346 g/mol. The summed E-state index contributed by atoms with van der Waals surface area (Å²) in [6.45, 7) is 3.01. The van der Waals surface area contributed by atoms with Gasteiger partial charge < -0.3 is 9.80 Å². The quantitative estimate of drug-likeness (QED) is 0.794. The van der Waals surface area contributed by atoms with Crippen molar-refractivity contribution in [2.75, 3.05) is 26.2 Å². The van der Waals surface area contributed by atoms with Crippen LogP contribution in [0.15, 0.2) is 24.3 Å². The predicted octanol–water partition coefficient (Wildman–Crippen LogP) is 3.01. The highest BCUT2D eigenvalue weighted by atomic mass is 19.1. The molecule has 1 aromatic rings. The van der Waals surface area contributed by atoms with Gasteiger partial charge in [0.25, 0.3) is 0 Å². The van der Waals surface area contributed by atoms with E-state index < -0.39 is 0 Å². The number of carbonyl (C=O) groups excluding carboxylic acids is 2. The van der Waals surface area contributed by atoms with Crippen LogP contribution in [-0.2, 0) is 16.0 Å². The van der Waals surface area contributed by atoms with Gasteiger partial charge in [-0.2, -0.15) is 0 Å². The van der Waals surface area contributed by atoms with E-state index >= 15 is 0 Å². The molecule has 2 saturated heterocycles. The van der Waals surface area contributed by atoms with Crippen molar-refractivity contribution in [3.8, 4) is 0 Å². The van der Waals surface area contributed by atoms with Crippen LogP contribution < -0.4 is 0 Å². The summed E-state index contributed by atoms with van der Waals surface area (Å²) in [5.74, 6) is 0.667. The molecule has 0 N–H and O–H groups in total. The van der Waals surface area contributed by atoms with Crippen LogP contribution in [0.1, 0.15) is 44.1 Å². The molecular weight excluding hydrogens is 319 g/mol. The second kappa shape index (κ2) is 8.45. The van der Waals surface area contributed by atoms with Gasteiger partial charge in [0.1, 0.15) is 5.82 Å². The number of hydrogen-bond acceptors (Lipinski definition) is 2. The molecular formula is C20H27FN2O2. The Labute approximate surface area is 149 Å². The molecule has 0 aliphatic carbocycles. The fourth-order valence-electron chi connectivity index (χ4n) is 3.88. The molecule has 136 valence electrons. The lowest BCUT2D eigenvalue weighted by atomic mass is 9.91. The molecule has 5 heteroatoms. The van der Waals surface area contributed by atoms with Crippen LogP contribution in [-0.4, -0.2) is 47.8 Å². The third kappa shape index (κ3) is 5.03. The second-order valence-corrected chi connectivity index (χ2v) is 7.25. The second-order valence-electron chi connectivity index (χ2n) is 7.25. The molecule has 0 saturated carbocycles. The summed E-state index contributed by atoms with van der Waals surface area (Å²) in [6.07, 6.45) is 6.13. The third-order valence-corrected chi connectivity index (χ3v) is 5.39. The van der Waals surface area contributed by atoms with Crippen LogP contribution in [0.25, 0.3) is 0 Å². The molecule has 4 nitrogen and oxygen atoms in total. The number of carbonyl (C=O) groups is 2. The fourth-order valence-corrected chi connectivity index (χ4v) is 3.88. The van der Waals surface area contributed by atoms with Crippen LogP contribution >= 0.6 is 0 Å². The van der Waals surface area contributed by atoms with E-state index in [-0.39, 0.29) is 17.6 Å². The first-order valence-electron chi connectivity index (χ1n) is 9.42. The molecule has 0 radical (unpaired) electrons. The first kappa shape index (κ1) is 17.9. The van der Waals surface area contributed by atoms with E-state index in [0.717, 1.165) is 57.3 Å². The van der Waals surface area contributed by atoms with E-state index in [9.17, 15) is 14.0 Å². The Morgan fingerprint density at radius 3 is 2.68 bits per heavy atom. The van der Waals surface area contributed by atoms with Gasteiger partial charge >= 0.3 is 0 Å². The number of benzene rings is 1. The average Bonchev–Trinajstić information content (AvgIpc) is 3.04. The summed E-state index contributed by atoms with van der Waals surface area (Å²) in [4.78, 5) is 27.9. The maximum absolute atomic E-state index is 13.0. The molecule has 0 spiro atoms. The topological polar surface area (TPSA) is 40.6 Å². The molecule has 25 heavy (non-hydrogen) atoms. The molecule has 2 heterocycles. The van der Waals surface area contributed by atoms with Crippen molar-refractivity contribution in [3.63, 3.8) is 0 Å². The molecule has 0 unspecified atom stereocenters. The van der Waals surface area contributed by atoms with E-state index in [1.807, 2.05) is 21.9 Å². The highest BCUT2D eigenvalue weighted by Crippen LogP contribution is 2.22. The SMILES string of the molecule is O=C1CCCN1CCC(=O)N1CCC[C@H](CCc2ccc(F)cc2)C1. The van der Waals surface area contributed by atoms with Gasteiger partial charge in [0.05, 0.1) is 0 Å². The van der Waals surface area contributed by atoms with Gasteiger partial charge in [-0.1, -0.05) is 12.1 Å². The minimum Gasteiger partial charge on any atom is -0.342 e. The number of amides is 2. The van der Waals surface area contributed by atoms with Gasteiger partial charge in [-0.25, -0.2) is 4.39 Å². The molecule has 0 aromatic heterocycles. The van der Waals surface area contributed by atoms with Crippen LogP contribution in [0.5, 0.6) is 0 Å². The number of hydrogen-bond donors (Lipinski definition) is 0. The lowest BCUT2D eigenvalue weighted by Crippen LogP contribution is -2.41. The smallest absolute Gasteiger partial charge is 0.224 e. The summed E-state index contributed by atoms with van der Waals surface area (Å²) in [5, 5.41) is 0. The van der Waals surface area contributed by atoms with Crippen molar-refractivity contribution >= 4 is 11.8 Å². The highest BCUT2D eigenvalue weighted by Gasteiger charge is 2.25. The molecule has 0 bridgehead atoms. The lowest BCUT2D eigenvalue weighted by Gasteiger charge is -2.33.